The van der Waals surface area contributed by atoms with Crippen molar-refractivity contribution in [3.63, 3.8) is 0 Å². The standard InChI is InChI=1S/C16H21N3O4/c1-16(2,8-7-13(20)21)18-14(22)11-3-5-12(6-4-11)19-10-9-17-15(19)23/h3-6H,7-10H2,1-2H3,(H,17,23)(H,18,22)(H,20,21). The van der Waals surface area contributed by atoms with E-state index in [0.717, 1.165) is 5.69 Å². The van der Waals surface area contributed by atoms with E-state index in [0.29, 0.717) is 25.1 Å². The van der Waals surface area contributed by atoms with Crippen molar-refractivity contribution in [3.05, 3.63) is 29.8 Å². The van der Waals surface area contributed by atoms with Gasteiger partial charge >= 0.3 is 12.0 Å². The third kappa shape index (κ3) is 4.45. The van der Waals surface area contributed by atoms with E-state index in [2.05, 4.69) is 10.6 Å². The molecule has 1 aromatic rings. The molecule has 1 aliphatic rings. The average molecular weight is 319 g/mol. The quantitative estimate of drug-likeness (QED) is 0.741. The van der Waals surface area contributed by atoms with E-state index in [1.165, 1.54) is 0 Å². The number of carbonyl (C=O) groups is 3. The molecule has 124 valence electrons. The summed E-state index contributed by atoms with van der Waals surface area (Å²) in [6, 6.07) is 6.62. The summed E-state index contributed by atoms with van der Waals surface area (Å²) in [5.41, 5.74) is 0.599. The Hall–Kier alpha value is -2.57. The van der Waals surface area contributed by atoms with Gasteiger partial charge in [-0.1, -0.05) is 0 Å². The molecule has 0 radical (unpaired) electrons. The topological polar surface area (TPSA) is 98.7 Å². The lowest BCUT2D eigenvalue weighted by molar-refractivity contribution is -0.137. The van der Waals surface area contributed by atoms with E-state index in [-0.39, 0.29) is 18.4 Å². The number of nitrogens with one attached hydrogen (secondary N) is 2. The summed E-state index contributed by atoms with van der Waals surface area (Å²) < 4.78 is 0. The van der Waals surface area contributed by atoms with Gasteiger partial charge in [-0.25, -0.2) is 4.79 Å². The van der Waals surface area contributed by atoms with Crippen LogP contribution in [0.25, 0.3) is 0 Å². The maximum absolute atomic E-state index is 12.3. The molecule has 1 aliphatic heterocycles. The number of carbonyl (C=O) groups excluding carboxylic acids is 2. The second-order valence-corrected chi connectivity index (χ2v) is 6.16. The Morgan fingerprint density at radius 2 is 1.96 bits per heavy atom. The molecule has 2 rings (SSSR count). The highest BCUT2D eigenvalue weighted by Crippen LogP contribution is 2.18. The van der Waals surface area contributed by atoms with Crippen LogP contribution in [0, 0.1) is 0 Å². The first-order valence-corrected chi connectivity index (χ1v) is 7.48. The lowest BCUT2D eigenvalue weighted by Crippen LogP contribution is -2.43. The fourth-order valence-electron chi connectivity index (χ4n) is 2.37. The number of nitrogens with zero attached hydrogens (tertiary/aromatic N) is 1. The first-order valence-electron chi connectivity index (χ1n) is 7.48. The summed E-state index contributed by atoms with van der Waals surface area (Å²) in [6.45, 7) is 4.79. The van der Waals surface area contributed by atoms with Gasteiger partial charge in [0.1, 0.15) is 0 Å². The maximum atomic E-state index is 12.3. The van der Waals surface area contributed by atoms with Crippen molar-refractivity contribution >= 4 is 23.6 Å². The van der Waals surface area contributed by atoms with E-state index in [9.17, 15) is 14.4 Å². The molecule has 3 N–H and O–H groups in total. The summed E-state index contributed by atoms with van der Waals surface area (Å²) in [5.74, 6) is -1.15. The molecular weight excluding hydrogens is 298 g/mol. The van der Waals surface area contributed by atoms with Crippen molar-refractivity contribution in [2.75, 3.05) is 18.0 Å². The molecule has 3 amide bonds. The van der Waals surface area contributed by atoms with Crippen molar-refractivity contribution < 1.29 is 19.5 Å². The minimum Gasteiger partial charge on any atom is -0.481 e. The number of benzene rings is 1. The first kappa shape index (κ1) is 16.8. The maximum Gasteiger partial charge on any atom is 0.321 e. The minimum absolute atomic E-state index is 0.00368. The van der Waals surface area contributed by atoms with Gasteiger partial charge in [0, 0.05) is 36.3 Å². The van der Waals surface area contributed by atoms with Crippen LogP contribution in [0.3, 0.4) is 0 Å². The zero-order valence-electron chi connectivity index (χ0n) is 13.3. The van der Waals surface area contributed by atoms with Gasteiger partial charge in [0.05, 0.1) is 0 Å². The summed E-state index contributed by atoms with van der Waals surface area (Å²) >= 11 is 0. The average Bonchev–Trinajstić information content (AvgIpc) is 2.91. The van der Waals surface area contributed by atoms with Crippen molar-refractivity contribution in [1.29, 1.82) is 0 Å². The number of hydrogen-bond acceptors (Lipinski definition) is 3. The molecule has 0 atom stereocenters. The number of aliphatic carboxylic acids is 1. The van der Waals surface area contributed by atoms with Gasteiger partial charge in [-0.15, -0.1) is 0 Å². The molecule has 7 nitrogen and oxygen atoms in total. The van der Waals surface area contributed by atoms with Crippen LogP contribution in [-0.2, 0) is 4.79 Å². The lowest BCUT2D eigenvalue weighted by atomic mass is 9.97. The first-order chi connectivity index (χ1) is 10.8. The Bertz CT molecular complexity index is 610. The van der Waals surface area contributed by atoms with Crippen LogP contribution in [0.2, 0.25) is 0 Å². The Labute approximate surface area is 134 Å². The van der Waals surface area contributed by atoms with Gasteiger partial charge in [0.25, 0.3) is 5.91 Å². The molecule has 1 saturated heterocycles. The van der Waals surface area contributed by atoms with Gasteiger partial charge < -0.3 is 15.7 Å². The number of amides is 3. The van der Waals surface area contributed by atoms with Crippen molar-refractivity contribution in [2.24, 2.45) is 0 Å². The molecule has 0 aromatic heterocycles. The van der Waals surface area contributed by atoms with E-state index in [4.69, 9.17) is 5.11 Å². The highest BCUT2D eigenvalue weighted by atomic mass is 16.4. The second kappa shape index (κ2) is 6.68. The summed E-state index contributed by atoms with van der Waals surface area (Å²) in [7, 11) is 0. The summed E-state index contributed by atoms with van der Waals surface area (Å²) in [5, 5.41) is 14.3. The van der Waals surface area contributed by atoms with Gasteiger partial charge in [-0.05, 0) is 44.5 Å². The van der Waals surface area contributed by atoms with Crippen LogP contribution in [0.4, 0.5) is 10.5 Å². The van der Waals surface area contributed by atoms with Crippen LogP contribution in [0.1, 0.15) is 37.0 Å². The van der Waals surface area contributed by atoms with Crippen molar-refractivity contribution in [3.8, 4) is 0 Å². The van der Waals surface area contributed by atoms with Crippen LogP contribution >= 0.6 is 0 Å². The summed E-state index contributed by atoms with van der Waals surface area (Å²) in [4.78, 5) is 36.1. The third-order valence-electron chi connectivity index (χ3n) is 3.71. The Kier molecular flexibility index (Phi) is 4.88. The molecule has 7 heteroatoms. The van der Waals surface area contributed by atoms with Crippen molar-refractivity contribution in [1.82, 2.24) is 10.6 Å². The fourth-order valence-corrected chi connectivity index (χ4v) is 2.37. The Morgan fingerprint density at radius 1 is 1.30 bits per heavy atom. The summed E-state index contributed by atoms with van der Waals surface area (Å²) in [6.07, 6.45) is 0.344. The number of urea groups is 1. The predicted molar refractivity (Wildman–Crippen MR) is 85.6 cm³/mol. The molecule has 23 heavy (non-hydrogen) atoms. The van der Waals surface area contributed by atoms with E-state index < -0.39 is 11.5 Å². The Morgan fingerprint density at radius 3 is 2.48 bits per heavy atom. The largest absolute Gasteiger partial charge is 0.481 e. The molecule has 1 fully saturated rings. The van der Waals surface area contributed by atoms with Crippen LogP contribution in [0.15, 0.2) is 24.3 Å². The van der Waals surface area contributed by atoms with Gasteiger partial charge in [-0.2, -0.15) is 0 Å². The molecule has 0 bridgehead atoms. The van der Waals surface area contributed by atoms with Crippen molar-refractivity contribution in [2.45, 2.75) is 32.2 Å². The number of anilines is 1. The van der Waals surface area contributed by atoms with Gasteiger partial charge in [-0.3, -0.25) is 14.5 Å². The number of hydrogen-bond donors (Lipinski definition) is 3. The Balaban J connectivity index is 2.00. The molecular formula is C16H21N3O4. The van der Waals surface area contributed by atoms with Crippen LogP contribution in [0.5, 0.6) is 0 Å². The van der Waals surface area contributed by atoms with Crippen LogP contribution < -0.4 is 15.5 Å². The fraction of sp³-hybridized carbons (Fsp3) is 0.438. The lowest BCUT2D eigenvalue weighted by Gasteiger charge is -2.25. The second-order valence-electron chi connectivity index (χ2n) is 6.16. The normalized spacial score (nSPS) is 14.5. The molecule has 0 unspecified atom stereocenters. The molecule has 0 spiro atoms. The van der Waals surface area contributed by atoms with E-state index in [1.54, 1.807) is 43.0 Å². The van der Waals surface area contributed by atoms with E-state index >= 15 is 0 Å². The third-order valence-corrected chi connectivity index (χ3v) is 3.71. The molecule has 0 aliphatic carbocycles. The zero-order chi connectivity index (χ0) is 17.0. The zero-order valence-corrected chi connectivity index (χ0v) is 13.3. The number of carboxylic acids is 1. The van der Waals surface area contributed by atoms with E-state index in [1.807, 2.05) is 0 Å². The predicted octanol–water partition coefficient (Wildman–Crippen LogP) is 1.59. The minimum atomic E-state index is -0.888. The molecule has 1 aromatic carbocycles. The van der Waals surface area contributed by atoms with Gasteiger partial charge in [0.2, 0.25) is 0 Å². The SMILES string of the molecule is CC(C)(CCC(=O)O)NC(=O)c1ccc(N2CCNC2=O)cc1. The van der Waals surface area contributed by atoms with Crippen LogP contribution in [-0.4, -0.2) is 41.6 Å². The molecule has 0 saturated carbocycles. The van der Waals surface area contributed by atoms with Gasteiger partial charge in [0.15, 0.2) is 0 Å². The number of rotatable bonds is 6. The number of carboxylic acid groups (broad SMARTS) is 1. The molecule has 1 heterocycles. The highest BCUT2D eigenvalue weighted by molar-refractivity contribution is 5.97. The smallest absolute Gasteiger partial charge is 0.321 e. The highest BCUT2D eigenvalue weighted by Gasteiger charge is 2.23. The monoisotopic (exact) mass is 319 g/mol.